The van der Waals surface area contributed by atoms with Crippen LogP contribution >= 0.6 is 23.8 Å². The molecule has 34 heavy (non-hydrogen) atoms. The van der Waals surface area contributed by atoms with Crippen molar-refractivity contribution in [3.8, 4) is 17.6 Å². The summed E-state index contributed by atoms with van der Waals surface area (Å²) < 4.78 is 11.5. The van der Waals surface area contributed by atoms with Gasteiger partial charge in [-0.05, 0) is 23.8 Å². The van der Waals surface area contributed by atoms with Gasteiger partial charge in [-0.25, -0.2) is 0 Å². The van der Waals surface area contributed by atoms with Crippen molar-refractivity contribution in [3.63, 3.8) is 0 Å². The van der Waals surface area contributed by atoms with Gasteiger partial charge in [0, 0.05) is 43.9 Å². The van der Waals surface area contributed by atoms with Crippen molar-refractivity contribution in [3.05, 3.63) is 94.0 Å². The summed E-state index contributed by atoms with van der Waals surface area (Å²) in [6, 6.07) is 23.7. The predicted octanol–water partition coefficient (Wildman–Crippen LogP) is 5.29. The fraction of sp³-hybridized carbons (Fsp3) is 0.259. The normalized spacial score (nSPS) is 13.9. The first-order valence-electron chi connectivity index (χ1n) is 11.1. The van der Waals surface area contributed by atoms with E-state index in [-0.39, 0.29) is 6.61 Å². The fourth-order valence-electron chi connectivity index (χ4n) is 4.02. The number of benzene rings is 3. The lowest BCUT2D eigenvalue weighted by molar-refractivity contribution is 0.177. The number of piperazine rings is 1. The smallest absolute Gasteiger partial charge is 0.180 e. The second-order valence-electron chi connectivity index (χ2n) is 8.10. The van der Waals surface area contributed by atoms with Crippen molar-refractivity contribution < 1.29 is 9.47 Å². The maximum Gasteiger partial charge on any atom is 0.180 e. The first-order valence-corrected chi connectivity index (χ1v) is 11.9. The molecular weight excluding hydrogens is 466 g/mol. The van der Waals surface area contributed by atoms with E-state index < -0.39 is 0 Å². The number of rotatable bonds is 7. The van der Waals surface area contributed by atoms with Gasteiger partial charge >= 0.3 is 0 Å². The molecule has 0 aromatic heterocycles. The van der Waals surface area contributed by atoms with Crippen LogP contribution in [0.5, 0.6) is 11.5 Å². The van der Waals surface area contributed by atoms with E-state index in [4.69, 9.17) is 33.3 Å². The summed E-state index contributed by atoms with van der Waals surface area (Å²) in [5, 5.41) is 9.73. The van der Waals surface area contributed by atoms with Crippen molar-refractivity contribution in [1.29, 1.82) is 5.26 Å². The van der Waals surface area contributed by atoms with E-state index in [1.54, 1.807) is 13.2 Å². The quantitative estimate of drug-likeness (QED) is 0.418. The van der Waals surface area contributed by atoms with E-state index >= 15 is 0 Å². The molecule has 5 nitrogen and oxygen atoms in total. The Balaban J connectivity index is 1.42. The highest BCUT2D eigenvalue weighted by Gasteiger charge is 2.22. The lowest BCUT2D eigenvalue weighted by Gasteiger charge is -2.36. The van der Waals surface area contributed by atoms with Crippen LogP contribution in [0.25, 0.3) is 0 Å². The summed E-state index contributed by atoms with van der Waals surface area (Å²) in [5.74, 6) is 0.957. The molecule has 0 N–H and O–H groups in total. The minimum atomic E-state index is 0.215. The highest BCUT2D eigenvalue weighted by molar-refractivity contribution is 7.80. The van der Waals surface area contributed by atoms with E-state index in [0.717, 1.165) is 48.8 Å². The zero-order chi connectivity index (χ0) is 23.9. The molecule has 0 atom stereocenters. The Bertz CT molecular complexity index is 1190. The van der Waals surface area contributed by atoms with E-state index in [0.29, 0.717) is 22.1 Å². The van der Waals surface area contributed by atoms with Crippen molar-refractivity contribution in [2.75, 3.05) is 33.3 Å². The number of hydrogen-bond acceptors (Lipinski definition) is 5. The Morgan fingerprint density at radius 1 is 1.03 bits per heavy atom. The van der Waals surface area contributed by atoms with Crippen LogP contribution in [-0.4, -0.2) is 48.1 Å². The molecular formula is C27H26ClN3O2S. The molecule has 174 valence electrons. The zero-order valence-corrected chi connectivity index (χ0v) is 20.6. The molecule has 3 aromatic rings. The second-order valence-corrected chi connectivity index (χ2v) is 8.89. The molecule has 0 bridgehead atoms. The first-order chi connectivity index (χ1) is 16.6. The molecule has 1 saturated heterocycles. The molecule has 0 spiro atoms. The maximum atomic E-state index is 9.30. The van der Waals surface area contributed by atoms with Crippen molar-refractivity contribution in [1.82, 2.24) is 9.80 Å². The van der Waals surface area contributed by atoms with Crippen molar-refractivity contribution in [2.24, 2.45) is 0 Å². The van der Waals surface area contributed by atoms with Gasteiger partial charge in [-0.2, -0.15) is 5.26 Å². The van der Waals surface area contributed by atoms with Gasteiger partial charge in [0.05, 0.1) is 23.8 Å². The van der Waals surface area contributed by atoms with Gasteiger partial charge in [-0.15, -0.1) is 0 Å². The monoisotopic (exact) mass is 491 g/mol. The molecule has 0 saturated carbocycles. The summed E-state index contributed by atoms with van der Waals surface area (Å²) in [5.41, 5.74) is 3.51. The summed E-state index contributed by atoms with van der Waals surface area (Å²) in [4.78, 5) is 5.41. The Hall–Kier alpha value is -3.11. The zero-order valence-electron chi connectivity index (χ0n) is 19.0. The number of methoxy groups -OCH3 is 1. The minimum Gasteiger partial charge on any atom is -0.493 e. The summed E-state index contributed by atoms with van der Waals surface area (Å²) in [7, 11) is 1.58. The molecule has 0 aliphatic carbocycles. The van der Waals surface area contributed by atoms with Crippen LogP contribution in [0, 0.1) is 11.3 Å². The number of nitriles is 1. The Morgan fingerprint density at radius 3 is 2.44 bits per heavy atom. The largest absolute Gasteiger partial charge is 0.493 e. The predicted molar refractivity (Wildman–Crippen MR) is 138 cm³/mol. The summed E-state index contributed by atoms with van der Waals surface area (Å²) >= 11 is 12.4. The molecule has 0 radical (unpaired) electrons. The first kappa shape index (κ1) is 24.0. The van der Waals surface area contributed by atoms with Gasteiger partial charge in [-0.1, -0.05) is 72.3 Å². The van der Waals surface area contributed by atoms with Gasteiger partial charge in [0.25, 0.3) is 0 Å². The molecule has 0 amide bonds. The van der Waals surface area contributed by atoms with Gasteiger partial charge in [0.2, 0.25) is 0 Å². The van der Waals surface area contributed by atoms with Crippen molar-refractivity contribution >= 4 is 28.8 Å². The average molecular weight is 492 g/mol. The van der Waals surface area contributed by atoms with Gasteiger partial charge in [0.15, 0.2) is 11.5 Å². The van der Waals surface area contributed by atoms with Crippen molar-refractivity contribution in [2.45, 2.75) is 13.2 Å². The van der Waals surface area contributed by atoms with E-state index in [2.05, 4.69) is 40.1 Å². The standard InChI is InChI=1S/C27H26ClN3O2S/c1-32-25-16-23(15-24(28)26(25)33-19-22-10-6-5-9-21(22)17-29)27(34)31-13-11-30(12-14-31)18-20-7-3-2-4-8-20/h2-10,15-16H,11-14,18-19H2,1H3. The molecule has 1 aliphatic heterocycles. The Labute approximate surface area is 211 Å². The highest BCUT2D eigenvalue weighted by Crippen LogP contribution is 2.37. The number of nitrogens with zero attached hydrogens (tertiary/aromatic N) is 3. The van der Waals surface area contributed by atoms with Crippen LogP contribution < -0.4 is 9.47 Å². The van der Waals surface area contributed by atoms with E-state index in [1.165, 1.54) is 5.56 Å². The summed E-state index contributed by atoms with van der Waals surface area (Å²) in [6.07, 6.45) is 0. The molecule has 1 heterocycles. The molecule has 4 rings (SSSR count). The summed E-state index contributed by atoms with van der Waals surface area (Å²) in [6.45, 7) is 4.76. The number of hydrogen-bond donors (Lipinski definition) is 0. The fourth-order valence-corrected chi connectivity index (χ4v) is 4.59. The third-order valence-corrected chi connectivity index (χ3v) is 6.67. The van der Waals surface area contributed by atoms with Crippen LogP contribution in [0.15, 0.2) is 66.7 Å². The molecule has 1 fully saturated rings. The minimum absolute atomic E-state index is 0.215. The van der Waals surface area contributed by atoms with Crippen LogP contribution in [0.3, 0.4) is 0 Å². The lowest BCUT2D eigenvalue weighted by Crippen LogP contribution is -2.48. The Morgan fingerprint density at radius 2 is 1.74 bits per heavy atom. The van der Waals surface area contributed by atoms with Crippen LogP contribution in [0.1, 0.15) is 22.3 Å². The third kappa shape index (κ3) is 5.68. The molecule has 1 aliphatic rings. The average Bonchev–Trinajstić information content (AvgIpc) is 2.88. The van der Waals surface area contributed by atoms with E-state index in [1.807, 2.05) is 36.4 Å². The number of ether oxygens (including phenoxy) is 2. The van der Waals surface area contributed by atoms with Crippen LogP contribution in [-0.2, 0) is 13.2 Å². The molecule has 0 unspecified atom stereocenters. The van der Waals surface area contributed by atoms with Gasteiger partial charge < -0.3 is 14.4 Å². The lowest BCUT2D eigenvalue weighted by atomic mass is 10.1. The topological polar surface area (TPSA) is 48.7 Å². The van der Waals surface area contributed by atoms with Crippen LogP contribution in [0.4, 0.5) is 0 Å². The molecule has 7 heteroatoms. The third-order valence-electron chi connectivity index (χ3n) is 5.89. The Kier molecular flexibility index (Phi) is 8.02. The SMILES string of the molecule is COc1cc(C(=S)N2CCN(Cc3ccccc3)CC2)cc(Cl)c1OCc1ccccc1C#N. The molecule has 3 aromatic carbocycles. The number of halogens is 1. The maximum absolute atomic E-state index is 9.30. The van der Waals surface area contributed by atoms with Crippen LogP contribution in [0.2, 0.25) is 5.02 Å². The second kappa shape index (κ2) is 11.3. The van der Waals surface area contributed by atoms with Gasteiger partial charge in [-0.3, -0.25) is 4.90 Å². The number of thiocarbonyl (C=S) groups is 1. The van der Waals surface area contributed by atoms with Gasteiger partial charge in [0.1, 0.15) is 11.6 Å². The van der Waals surface area contributed by atoms with E-state index in [9.17, 15) is 5.26 Å². The highest BCUT2D eigenvalue weighted by atomic mass is 35.5.